The maximum absolute atomic E-state index is 8.94. The molecule has 112 valence electrons. The van der Waals surface area contributed by atoms with Gasteiger partial charge in [0.1, 0.15) is 0 Å². The third-order valence-electron chi connectivity index (χ3n) is 4.16. The lowest BCUT2D eigenvalue weighted by Crippen LogP contribution is -2.45. The Morgan fingerprint density at radius 2 is 1.64 bits per heavy atom. The van der Waals surface area contributed by atoms with Gasteiger partial charge in [-0.3, -0.25) is 4.90 Å². The first-order valence-electron chi connectivity index (χ1n) is 7.69. The number of hydrogen-bond donors (Lipinski definition) is 0. The molecule has 1 atom stereocenters. The van der Waals surface area contributed by atoms with Crippen LogP contribution in [-0.2, 0) is 4.74 Å². The van der Waals surface area contributed by atoms with Crippen molar-refractivity contribution in [3.8, 4) is 6.07 Å². The molecule has 0 saturated carbocycles. The van der Waals surface area contributed by atoms with Gasteiger partial charge in [0.2, 0.25) is 0 Å². The van der Waals surface area contributed by atoms with Crippen LogP contribution in [0.15, 0.2) is 60.7 Å². The monoisotopic (exact) mass is 292 g/mol. The van der Waals surface area contributed by atoms with Gasteiger partial charge in [-0.2, -0.15) is 5.26 Å². The van der Waals surface area contributed by atoms with Crippen molar-refractivity contribution in [1.82, 2.24) is 4.90 Å². The van der Waals surface area contributed by atoms with Gasteiger partial charge in [0.15, 0.2) is 0 Å². The van der Waals surface area contributed by atoms with Crippen molar-refractivity contribution in [1.29, 1.82) is 5.26 Å². The minimum atomic E-state index is 0.0758. The van der Waals surface area contributed by atoms with Crippen LogP contribution in [0.1, 0.15) is 17.0 Å². The van der Waals surface area contributed by atoms with Crippen molar-refractivity contribution < 1.29 is 4.74 Å². The first-order chi connectivity index (χ1) is 10.9. The van der Waals surface area contributed by atoms with E-state index in [1.54, 1.807) is 0 Å². The van der Waals surface area contributed by atoms with Gasteiger partial charge in [-0.1, -0.05) is 60.7 Å². The van der Waals surface area contributed by atoms with Crippen molar-refractivity contribution in [3.63, 3.8) is 0 Å². The van der Waals surface area contributed by atoms with Gasteiger partial charge < -0.3 is 4.74 Å². The maximum atomic E-state index is 8.94. The zero-order valence-corrected chi connectivity index (χ0v) is 12.6. The number of nitriles is 1. The summed E-state index contributed by atoms with van der Waals surface area (Å²) in [6, 6.07) is 23.2. The second-order valence-electron chi connectivity index (χ2n) is 5.60. The Balaban J connectivity index is 1.91. The molecule has 0 aliphatic carbocycles. The molecule has 1 unspecified atom stereocenters. The number of ether oxygens (including phenoxy) is 1. The average Bonchev–Trinajstić information content (AvgIpc) is 2.58. The number of nitrogens with zero attached hydrogens (tertiary/aromatic N) is 2. The van der Waals surface area contributed by atoms with E-state index in [4.69, 9.17) is 10.00 Å². The molecule has 0 radical (unpaired) electrons. The van der Waals surface area contributed by atoms with Crippen molar-refractivity contribution in [2.75, 3.05) is 26.2 Å². The normalized spacial score (nSPS) is 19.0. The predicted octanol–water partition coefficient (Wildman–Crippen LogP) is 3.04. The van der Waals surface area contributed by atoms with E-state index in [0.29, 0.717) is 13.2 Å². The molecular formula is C19H20N2O. The predicted molar refractivity (Wildman–Crippen MR) is 86.5 cm³/mol. The fraction of sp³-hybridized carbons (Fsp3) is 0.316. The maximum Gasteiger partial charge on any atom is 0.0867 e. The van der Waals surface area contributed by atoms with Gasteiger partial charge in [0.25, 0.3) is 0 Å². The Kier molecular flexibility index (Phi) is 4.85. The molecule has 0 spiro atoms. The summed E-state index contributed by atoms with van der Waals surface area (Å²) in [7, 11) is 0. The largest absolute Gasteiger partial charge is 0.375 e. The molecule has 1 heterocycles. The Bertz CT molecular complexity index is 581. The summed E-state index contributed by atoms with van der Waals surface area (Å²) < 4.78 is 6.07. The molecule has 2 aromatic carbocycles. The van der Waals surface area contributed by atoms with Crippen LogP contribution < -0.4 is 0 Å². The molecule has 3 nitrogen and oxygen atoms in total. The van der Waals surface area contributed by atoms with Crippen LogP contribution in [-0.4, -0.2) is 37.2 Å². The summed E-state index contributed by atoms with van der Waals surface area (Å²) in [6.07, 6.45) is 0.0758. The zero-order valence-electron chi connectivity index (χ0n) is 12.6. The topological polar surface area (TPSA) is 36.3 Å². The summed E-state index contributed by atoms with van der Waals surface area (Å²) in [4.78, 5) is 2.17. The molecule has 1 aliphatic heterocycles. The highest BCUT2D eigenvalue weighted by atomic mass is 16.5. The van der Waals surface area contributed by atoms with E-state index in [1.807, 2.05) is 12.1 Å². The van der Waals surface area contributed by atoms with Crippen molar-refractivity contribution in [2.24, 2.45) is 0 Å². The first-order valence-corrected chi connectivity index (χ1v) is 7.69. The third kappa shape index (κ3) is 3.36. The molecule has 1 saturated heterocycles. The van der Waals surface area contributed by atoms with Crippen LogP contribution in [0.4, 0.5) is 0 Å². The van der Waals surface area contributed by atoms with Crippen LogP contribution >= 0.6 is 0 Å². The molecule has 1 fully saturated rings. The molecule has 3 rings (SSSR count). The van der Waals surface area contributed by atoms with Crippen LogP contribution in [0, 0.1) is 11.3 Å². The minimum Gasteiger partial charge on any atom is -0.375 e. The fourth-order valence-electron chi connectivity index (χ4n) is 3.12. The SMILES string of the molecule is N#CCN1CCOC(C(c2ccccc2)c2ccccc2)C1. The minimum absolute atomic E-state index is 0.0758. The van der Waals surface area contributed by atoms with Gasteiger partial charge in [-0.15, -0.1) is 0 Å². The molecule has 0 aromatic heterocycles. The van der Waals surface area contributed by atoms with E-state index < -0.39 is 0 Å². The average molecular weight is 292 g/mol. The Morgan fingerprint density at radius 1 is 1.05 bits per heavy atom. The molecule has 22 heavy (non-hydrogen) atoms. The van der Waals surface area contributed by atoms with Crippen molar-refractivity contribution >= 4 is 0 Å². The Hall–Kier alpha value is -2.15. The van der Waals surface area contributed by atoms with Gasteiger partial charge in [-0.05, 0) is 11.1 Å². The molecule has 0 bridgehead atoms. The van der Waals surface area contributed by atoms with Gasteiger partial charge in [-0.25, -0.2) is 0 Å². The van der Waals surface area contributed by atoms with Crippen molar-refractivity contribution in [2.45, 2.75) is 12.0 Å². The number of morpholine rings is 1. The lowest BCUT2D eigenvalue weighted by atomic mass is 9.86. The van der Waals surface area contributed by atoms with E-state index in [1.165, 1.54) is 11.1 Å². The number of rotatable bonds is 4. The summed E-state index contributed by atoms with van der Waals surface area (Å²) in [5.74, 6) is 0.198. The molecule has 3 heteroatoms. The summed E-state index contributed by atoms with van der Waals surface area (Å²) in [5.41, 5.74) is 2.52. The molecule has 0 N–H and O–H groups in total. The lowest BCUT2D eigenvalue weighted by Gasteiger charge is -2.36. The van der Waals surface area contributed by atoms with Gasteiger partial charge >= 0.3 is 0 Å². The van der Waals surface area contributed by atoms with E-state index in [-0.39, 0.29) is 12.0 Å². The molecule has 2 aromatic rings. The second-order valence-corrected chi connectivity index (χ2v) is 5.60. The summed E-state index contributed by atoms with van der Waals surface area (Å²) in [5, 5.41) is 8.94. The highest BCUT2D eigenvalue weighted by Crippen LogP contribution is 2.31. The Labute approximate surface area is 131 Å². The first kappa shape index (κ1) is 14.8. The molecule has 1 aliphatic rings. The highest BCUT2D eigenvalue weighted by Gasteiger charge is 2.30. The van der Waals surface area contributed by atoms with Crippen LogP contribution in [0.25, 0.3) is 0 Å². The lowest BCUT2D eigenvalue weighted by molar-refractivity contribution is -0.0316. The van der Waals surface area contributed by atoms with Gasteiger partial charge in [0, 0.05) is 19.0 Å². The summed E-state index contributed by atoms with van der Waals surface area (Å²) >= 11 is 0. The fourth-order valence-corrected chi connectivity index (χ4v) is 3.12. The number of benzene rings is 2. The molecule has 0 amide bonds. The van der Waals surface area contributed by atoms with Gasteiger partial charge in [0.05, 0.1) is 25.3 Å². The Morgan fingerprint density at radius 3 is 2.18 bits per heavy atom. The van der Waals surface area contributed by atoms with E-state index in [9.17, 15) is 0 Å². The summed E-state index contributed by atoms with van der Waals surface area (Å²) in [6.45, 7) is 2.78. The highest BCUT2D eigenvalue weighted by molar-refractivity contribution is 5.34. The zero-order chi connectivity index (χ0) is 15.2. The van der Waals surface area contributed by atoms with Crippen LogP contribution in [0.5, 0.6) is 0 Å². The molecular weight excluding hydrogens is 272 g/mol. The quantitative estimate of drug-likeness (QED) is 0.813. The smallest absolute Gasteiger partial charge is 0.0867 e. The standard InChI is InChI=1S/C19H20N2O/c20-11-12-21-13-14-22-18(15-21)19(16-7-3-1-4-8-16)17-9-5-2-6-10-17/h1-10,18-19H,12-15H2. The van der Waals surface area contributed by atoms with E-state index in [2.05, 4.69) is 59.5 Å². The second kappa shape index (κ2) is 7.22. The van der Waals surface area contributed by atoms with Crippen LogP contribution in [0.3, 0.4) is 0 Å². The van der Waals surface area contributed by atoms with Crippen molar-refractivity contribution in [3.05, 3.63) is 71.8 Å². The number of hydrogen-bond acceptors (Lipinski definition) is 3. The van der Waals surface area contributed by atoms with Crippen LogP contribution in [0.2, 0.25) is 0 Å². The van der Waals surface area contributed by atoms with E-state index >= 15 is 0 Å². The third-order valence-corrected chi connectivity index (χ3v) is 4.16. The van der Waals surface area contributed by atoms with E-state index in [0.717, 1.165) is 13.1 Å².